The molecule has 0 aliphatic carbocycles. The highest BCUT2D eigenvalue weighted by Crippen LogP contribution is 2.57. The van der Waals surface area contributed by atoms with Crippen molar-refractivity contribution in [3.63, 3.8) is 0 Å². The molecule has 1 aliphatic rings. The summed E-state index contributed by atoms with van der Waals surface area (Å²) < 4.78 is 8.51. The van der Waals surface area contributed by atoms with Crippen molar-refractivity contribution in [1.29, 1.82) is 0 Å². The minimum Gasteiger partial charge on any atom is -0.339 e. The first-order valence-electron chi connectivity index (χ1n) is 5.17. The van der Waals surface area contributed by atoms with Crippen molar-refractivity contribution < 1.29 is 4.52 Å². The zero-order valence-electron chi connectivity index (χ0n) is 9.50. The first-order chi connectivity index (χ1) is 5.95. The van der Waals surface area contributed by atoms with Gasteiger partial charge in [-0.1, -0.05) is 27.7 Å². The number of hydrogen-bond donors (Lipinski definition) is 0. The van der Waals surface area contributed by atoms with Crippen LogP contribution in [0.1, 0.15) is 41.0 Å². The molecule has 1 aliphatic heterocycles. The van der Waals surface area contributed by atoms with Gasteiger partial charge in [-0.2, -0.15) is 0 Å². The average Bonchev–Trinajstić information content (AvgIpc) is 2.30. The van der Waals surface area contributed by atoms with Gasteiger partial charge in [0.25, 0.3) is 0 Å². The van der Waals surface area contributed by atoms with Crippen LogP contribution in [0.25, 0.3) is 0 Å². The Labute approximate surface area is 83.5 Å². The Morgan fingerprint density at radius 3 is 2.54 bits per heavy atom. The fourth-order valence-corrected chi connectivity index (χ4v) is 4.13. The van der Waals surface area contributed by atoms with Crippen LogP contribution in [0.4, 0.5) is 0 Å². The summed E-state index contributed by atoms with van der Waals surface area (Å²) in [6.07, 6.45) is 1.65. The van der Waals surface area contributed by atoms with Crippen molar-refractivity contribution in [2.45, 2.75) is 52.3 Å². The van der Waals surface area contributed by atoms with E-state index in [4.69, 9.17) is 4.52 Å². The van der Waals surface area contributed by atoms with E-state index in [1.807, 2.05) is 0 Å². The Hall–Kier alpha value is 0.350. The molecule has 0 aromatic heterocycles. The maximum absolute atomic E-state index is 5.98. The van der Waals surface area contributed by atoms with Gasteiger partial charge in [-0.05, 0) is 13.3 Å². The Bertz CT molecular complexity index is 167. The second-order valence-corrected chi connectivity index (χ2v) is 7.44. The molecule has 2 unspecified atom stereocenters. The van der Waals surface area contributed by atoms with E-state index in [0.29, 0.717) is 11.3 Å². The highest BCUT2D eigenvalue weighted by atomic mass is 31.2. The van der Waals surface area contributed by atoms with Gasteiger partial charge in [-0.3, -0.25) is 4.67 Å². The maximum atomic E-state index is 5.98. The lowest BCUT2D eigenvalue weighted by molar-refractivity contribution is 0.273. The summed E-state index contributed by atoms with van der Waals surface area (Å²) in [5.41, 5.74) is 0. The van der Waals surface area contributed by atoms with E-state index in [9.17, 15) is 0 Å². The quantitative estimate of drug-likeness (QED) is 0.639. The van der Waals surface area contributed by atoms with Crippen molar-refractivity contribution in [3.8, 4) is 0 Å². The fourth-order valence-electron chi connectivity index (χ4n) is 1.66. The molecule has 1 heterocycles. The molecule has 0 bridgehead atoms. The molecule has 2 nitrogen and oxygen atoms in total. The van der Waals surface area contributed by atoms with Gasteiger partial charge in [-0.25, -0.2) is 0 Å². The van der Waals surface area contributed by atoms with E-state index >= 15 is 0 Å². The topological polar surface area (TPSA) is 12.5 Å². The molecule has 13 heavy (non-hydrogen) atoms. The predicted molar refractivity (Wildman–Crippen MR) is 59.1 cm³/mol. The largest absolute Gasteiger partial charge is 0.339 e. The number of hydrogen-bond acceptors (Lipinski definition) is 2. The molecular formula is C10H22NOP. The molecule has 0 spiro atoms. The lowest BCUT2D eigenvalue weighted by atomic mass is 10.3. The Balaban J connectivity index is 2.60. The Morgan fingerprint density at radius 2 is 2.08 bits per heavy atom. The van der Waals surface area contributed by atoms with Crippen molar-refractivity contribution in [2.75, 3.05) is 13.1 Å². The first kappa shape index (κ1) is 11.4. The number of nitrogens with zero attached hydrogens (tertiary/aromatic N) is 1. The predicted octanol–water partition coefficient (Wildman–Crippen LogP) is 3.23. The second kappa shape index (κ2) is 4.25. The zero-order valence-corrected chi connectivity index (χ0v) is 10.4. The molecule has 0 amide bonds. The Morgan fingerprint density at radius 1 is 1.46 bits per heavy atom. The molecule has 2 atom stereocenters. The van der Waals surface area contributed by atoms with Crippen LogP contribution in [0.5, 0.6) is 0 Å². The van der Waals surface area contributed by atoms with E-state index in [1.54, 1.807) is 0 Å². The van der Waals surface area contributed by atoms with E-state index in [0.717, 1.165) is 6.54 Å². The summed E-state index contributed by atoms with van der Waals surface area (Å²) in [7, 11) is -0.361. The third-order valence-electron chi connectivity index (χ3n) is 2.06. The fraction of sp³-hybridized carbons (Fsp3) is 1.00. The average molecular weight is 203 g/mol. The van der Waals surface area contributed by atoms with Crippen molar-refractivity contribution in [1.82, 2.24) is 4.67 Å². The molecule has 0 radical (unpaired) electrons. The summed E-state index contributed by atoms with van der Waals surface area (Å²) in [5.74, 6) is 0. The van der Waals surface area contributed by atoms with E-state index < -0.39 is 0 Å². The van der Waals surface area contributed by atoms with Crippen LogP contribution >= 0.6 is 8.30 Å². The molecule has 1 fully saturated rings. The van der Waals surface area contributed by atoms with E-state index in [1.165, 1.54) is 13.0 Å². The van der Waals surface area contributed by atoms with Gasteiger partial charge in [-0.15, -0.1) is 0 Å². The Kier molecular flexibility index (Phi) is 3.73. The van der Waals surface area contributed by atoms with Gasteiger partial charge in [0.1, 0.15) is 8.30 Å². The molecule has 1 saturated heterocycles. The van der Waals surface area contributed by atoms with Crippen LogP contribution in [0.3, 0.4) is 0 Å². The van der Waals surface area contributed by atoms with Crippen LogP contribution in [-0.2, 0) is 4.52 Å². The maximum Gasteiger partial charge on any atom is 0.110 e. The third-order valence-corrected chi connectivity index (χ3v) is 4.64. The van der Waals surface area contributed by atoms with Gasteiger partial charge in [0, 0.05) is 18.2 Å². The standard InChI is InChI=1S/C10H22NOP/c1-6-7-11-8-9(2)12-13(11)10(3,4)5/h9H,6-8H2,1-5H3. The normalized spacial score (nSPS) is 31.2. The summed E-state index contributed by atoms with van der Waals surface area (Å²) in [4.78, 5) is 0. The summed E-state index contributed by atoms with van der Waals surface area (Å²) >= 11 is 0. The second-order valence-electron chi connectivity index (χ2n) is 4.77. The highest BCUT2D eigenvalue weighted by molar-refractivity contribution is 7.52. The van der Waals surface area contributed by atoms with Gasteiger partial charge < -0.3 is 4.52 Å². The van der Waals surface area contributed by atoms with Crippen molar-refractivity contribution in [2.24, 2.45) is 0 Å². The first-order valence-corrected chi connectivity index (χ1v) is 6.38. The van der Waals surface area contributed by atoms with Crippen LogP contribution in [0.15, 0.2) is 0 Å². The van der Waals surface area contributed by atoms with E-state index in [2.05, 4.69) is 39.3 Å². The van der Waals surface area contributed by atoms with Crippen LogP contribution < -0.4 is 0 Å². The summed E-state index contributed by atoms with van der Waals surface area (Å²) in [6, 6.07) is 0. The summed E-state index contributed by atoms with van der Waals surface area (Å²) in [5, 5.41) is 0.301. The molecule has 0 aromatic rings. The van der Waals surface area contributed by atoms with Crippen LogP contribution in [-0.4, -0.2) is 29.0 Å². The molecule has 1 rings (SSSR count). The van der Waals surface area contributed by atoms with Crippen LogP contribution in [0, 0.1) is 0 Å². The van der Waals surface area contributed by atoms with Gasteiger partial charge in [0.15, 0.2) is 0 Å². The highest BCUT2D eigenvalue weighted by Gasteiger charge is 2.38. The third kappa shape index (κ3) is 2.90. The molecule has 0 aromatic carbocycles. The van der Waals surface area contributed by atoms with Gasteiger partial charge in [0.05, 0.1) is 6.10 Å². The van der Waals surface area contributed by atoms with Crippen molar-refractivity contribution >= 4 is 8.30 Å². The lowest BCUT2D eigenvalue weighted by Crippen LogP contribution is -2.24. The molecule has 0 saturated carbocycles. The van der Waals surface area contributed by atoms with E-state index in [-0.39, 0.29) is 8.30 Å². The molecule has 3 heteroatoms. The smallest absolute Gasteiger partial charge is 0.110 e. The summed E-state index contributed by atoms with van der Waals surface area (Å²) in [6.45, 7) is 13.6. The van der Waals surface area contributed by atoms with Gasteiger partial charge in [0.2, 0.25) is 0 Å². The zero-order chi connectivity index (χ0) is 10.1. The molecular weight excluding hydrogens is 181 g/mol. The monoisotopic (exact) mass is 203 g/mol. The minimum absolute atomic E-state index is 0.301. The minimum atomic E-state index is -0.361. The van der Waals surface area contributed by atoms with Crippen molar-refractivity contribution in [3.05, 3.63) is 0 Å². The SMILES string of the molecule is CCCN1CC(C)OP1C(C)(C)C. The van der Waals surface area contributed by atoms with Gasteiger partial charge >= 0.3 is 0 Å². The van der Waals surface area contributed by atoms with Crippen LogP contribution in [0.2, 0.25) is 0 Å². The number of rotatable bonds is 2. The lowest BCUT2D eigenvalue weighted by Gasteiger charge is -2.32. The molecule has 78 valence electrons. The molecule has 0 N–H and O–H groups in total.